The van der Waals surface area contributed by atoms with Crippen molar-refractivity contribution in [2.24, 2.45) is 0 Å². The number of carbonyl (C=O) groups excluding carboxylic acids is 2. The third-order valence-electron chi connectivity index (χ3n) is 7.02. The predicted octanol–water partition coefficient (Wildman–Crippen LogP) is 0.421. The first-order valence-corrected chi connectivity index (χ1v) is 11.9. The minimum Gasteiger partial charge on any atom is -0.351 e. The van der Waals surface area contributed by atoms with Crippen LogP contribution in [0.25, 0.3) is 0 Å². The summed E-state index contributed by atoms with van der Waals surface area (Å²) in [6, 6.07) is 5.96. The van der Waals surface area contributed by atoms with Crippen LogP contribution in [0.4, 0.5) is 5.69 Å². The minimum absolute atomic E-state index is 0.0364. The van der Waals surface area contributed by atoms with E-state index in [9.17, 15) is 9.59 Å². The van der Waals surface area contributed by atoms with Gasteiger partial charge in [-0.2, -0.15) is 0 Å². The van der Waals surface area contributed by atoms with Gasteiger partial charge in [0.05, 0.1) is 0 Å². The first-order chi connectivity index (χ1) is 14.9. The molecule has 0 radical (unpaired) electrons. The molecule has 1 aliphatic heterocycles. The summed E-state index contributed by atoms with van der Waals surface area (Å²) in [6.45, 7) is 11.0. The van der Waals surface area contributed by atoms with Crippen molar-refractivity contribution in [2.75, 3.05) is 44.6 Å². The molecule has 1 fully saturated rings. The van der Waals surface area contributed by atoms with Crippen LogP contribution in [0.2, 0.25) is 0 Å². The number of aryl methyl sites for hydroxylation is 1. The molecule has 31 heavy (non-hydrogen) atoms. The van der Waals surface area contributed by atoms with Gasteiger partial charge in [0.15, 0.2) is 12.6 Å². The molecule has 1 aliphatic carbocycles. The van der Waals surface area contributed by atoms with E-state index in [1.165, 1.54) is 46.6 Å². The van der Waals surface area contributed by atoms with Crippen LogP contribution in [0.3, 0.4) is 0 Å². The van der Waals surface area contributed by atoms with Crippen molar-refractivity contribution in [2.45, 2.75) is 58.9 Å². The summed E-state index contributed by atoms with van der Waals surface area (Å²) in [5.74, 6) is 0.220. The van der Waals surface area contributed by atoms with Crippen LogP contribution in [-0.2, 0) is 9.59 Å². The number of hydrogen-bond donors (Lipinski definition) is 4. The monoisotopic (exact) mass is 428 g/mol. The van der Waals surface area contributed by atoms with E-state index in [2.05, 4.69) is 29.7 Å². The zero-order chi connectivity index (χ0) is 22.2. The molecule has 1 aromatic rings. The molecule has 2 aliphatic rings. The van der Waals surface area contributed by atoms with Crippen molar-refractivity contribution in [1.82, 2.24) is 5.32 Å². The number of carbonyl (C=O) groups is 2. The fraction of sp³-hybridized carbons (Fsp3) is 0.600. The van der Waals surface area contributed by atoms with Crippen LogP contribution < -0.4 is 20.4 Å². The van der Waals surface area contributed by atoms with Gasteiger partial charge in [-0.3, -0.25) is 9.59 Å². The average Bonchev–Trinajstić information content (AvgIpc) is 2.77. The van der Waals surface area contributed by atoms with Gasteiger partial charge in [0.25, 0.3) is 11.8 Å². The summed E-state index contributed by atoms with van der Waals surface area (Å²) in [5.41, 5.74) is 4.72. The Morgan fingerprint density at radius 3 is 2.58 bits per heavy atom. The number of amides is 2. The highest BCUT2D eigenvalue weighted by Crippen LogP contribution is 2.19. The second kappa shape index (κ2) is 11.4. The average molecular weight is 429 g/mol. The Balaban J connectivity index is 1.37. The maximum Gasteiger partial charge on any atom is 0.279 e. The van der Waals surface area contributed by atoms with E-state index in [4.69, 9.17) is 0 Å². The zero-order valence-corrected chi connectivity index (χ0v) is 19.5. The Bertz CT molecular complexity index is 797. The highest BCUT2D eigenvalue weighted by atomic mass is 16.2. The standard InChI is InChI=1S/C25H38N4O2/c1-19-8-7-11-23(20(19)2)27-24(30)18-28-14-16-29(17-15-28)21(3)25(31)26-13-12-22-9-5-4-6-10-22/h7-9,11,21H,4-6,10,12-18H2,1-3H3,(H,26,31)(H,27,30)/p+2/t21-/m0/s1. The lowest BCUT2D eigenvalue weighted by molar-refractivity contribution is -1.01. The number of hydrogen-bond acceptors (Lipinski definition) is 2. The van der Waals surface area contributed by atoms with E-state index in [-0.39, 0.29) is 17.9 Å². The van der Waals surface area contributed by atoms with Crippen molar-refractivity contribution in [3.8, 4) is 0 Å². The molecule has 6 nitrogen and oxygen atoms in total. The van der Waals surface area contributed by atoms with Gasteiger partial charge in [0, 0.05) is 12.2 Å². The van der Waals surface area contributed by atoms with Crippen LogP contribution in [0.1, 0.15) is 50.2 Å². The molecule has 1 heterocycles. The smallest absolute Gasteiger partial charge is 0.279 e. The Hall–Kier alpha value is -2.18. The lowest BCUT2D eigenvalue weighted by atomic mass is 9.97. The van der Waals surface area contributed by atoms with Gasteiger partial charge in [0.2, 0.25) is 0 Å². The summed E-state index contributed by atoms with van der Waals surface area (Å²) in [6.07, 6.45) is 8.31. The van der Waals surface area contributed by atoms with Gasteiger partial charge >= 0.3 is 0 Å². The summed E-state index contributed by atoms with van der Waals surface area (Å²) in [4.78, 5) is 27.7. The third-order valence-corrected chi connectivity index (χ3v) is 7.02. The van der Waals surface area contributed by atoms with Crippen LogP contribution in [0, 0.1) is 13.8 Å². The first-order valence-electron chi connectivity index (χ1n) is 11.9. The van der Waals surface area contributed by atoms with Crippen molar-refractivity contribution in [3.05, 3.63) is 41.0 Å². The van der Waals surface area contributed by atoms with Crippen LogP contribution >= 0.6 is 0 Å². The first kappa shape index (κ1) is 23.5. The summed E-state index contributed by atoms with van der Waals surface area (Å²) in [7, 11) is 0. The van der Waals surface area contributed by atoms with Gasteiger partial charge in [-0.1, -0.05) is 23.8 Å². The highest BCUT2D eigenvalue weighted by molar-refractivity contribution is 5.92. The zero-order valence-electron chi connectivity index (χ0n) is 19.5. The third kappa shape index (κ3) is 6.91. The number of nitrogens with one attached hydrogen (secondary N) is 4. The highest BCUT2D eigenvalue weighted by Gasteiger charge is 2.31. The molecule has 0 unspecified atom stereocenters. The van der Waals surface area contributed by atoms with Crippen LogP contribution in [-0.4, -0.2) is 57.1 Å². The largest absolute Gasteiger partial charge is 0.351 e. The van der Waals surface area contributed by atoms with E-state index in [1.54, 1.807) is 0 Å². The van der Waals surface area contributed by atoms with Crippen molar-refractivity contribution < 1.29 is 19.4 Å². The number of allylic oxidation sites excluding steroid dienone is 1. The number of piperazine rings is 1. The van der Waals surface area contributed by atoms with Crippen LogP contribution in [0.15, 0.2) is 29.8 Å². The van der Waals surface area contributed by atoms with Crippen LogP contribution in [0.5, 0.6) is 0 Å². The number of anilines is 1. The Morgan fingerprint density at radius 1 is 1.10 bits per heavy atom. The van der Waals surface area contributed by atoms with E-state index in [0.717, 1.165) is 50.4 Å². The predicted molar refractivity (Wildman–Crippen MR) is 124 cm³/mol. The number of rotatable bonds is 8. The summed E-state index contributed by atoms with van der Waals surface area (Å²) >= 11 is 0. The molecule has 1 saturated heterocycles. The fourth-order valence-corrected chi connectivity index (χ4v) is 4.66. The molecule has 0 aromatic heterocycles. The number of benzene rings is 1. The SMILES string of the molecule is Cc1cccc(NC(=O)C[NH+]2CC[NH+]([C@@H](C)C(=O)NCCC3=CCCCC3)CC2)c1C. The molecule has 0 bridgehead atoms. The second-order valence-corrected chi connectivity index (χ2v) is 9.25. The Morgan fingerprint density at radius 2 is 1.87 bits per heavy atom. The van der Waals surface area contributed by atoms with Crippen molar-refractivity contribution in [1.29, 1.82) is 0 Å². The fourth-order valence-electron chi connectivity index (χ4n) is 4.66. The summed E-state index contributed by atoms with van der Waals surface area (Å²) in [5, 5.41) is 6.20. The van der Waals surface area contributed by atoms with E-state index >= 15 is 0 Å². The van der Waals surface area contributed by atoms with Crippen molar-refractivity contribution in [3.63, 3.8) is 0 Å². The molecule has 170 valence electrons. The molecule has 4 N–H and O–H groups in total. The van der Waals surface area contributed by atoms with E-state index < -0.39 is 0 Å². The van der Waals surface area contributed by atoms with Gasteiger partial charge in [-0.05, 0) is 70.1 Å². The molecule has 3 rings (SSSR count). The quantitative estimate of drug-likeness (QED) is 0.454. The topological polar surface area (TPSA) is 67.1 Å². The molecular formula is C25H40N4O2+2. The molecule has 0 spiro atoms. The molecule has 2 amide bonds. The maximum atomic E-state index is 12.6. The normalized spacial score (nSPS) is 22.4. The minimum atomic E-state index is -0.0364. The molecule has 1 aromatic carbocycles. The van der Waals surface area contributed by atoms with E-state index in [0.29, 0.717) is 6.54 Å². The van der Waals surface area contributed by atoms with Gasteiger partial charge in [-0.15, -0.1) is 0 Å². The Labute approximate surface area is 187 Å². The second-order valence-electron chi connectivity index (χ2n) is 9.25. The number of quaternary nitrogens is 2. The molecule has 1 atom stereocenters. The molecule has 6 heteroatoms. The van der Waals surface area contributed by atoms with Gasteiger partial charge < -0.3 is 20.4 Å². The Kier molecular flexibility index (Phi) is 8.67. The molecular weight excluding hydrogens is 388 g/mol. The van der Waals surface area contributed by atoms with Crippen molar-refractivity contribution >= 4 is 17.5 Å². The van der Waals surface area contributed by atoms with Gasteiger partial charge in [0.1, 0.15) is 26.2 Å². The lowest BCUT2D eigenvalue weighted by Crippen LogP contribution is -3.30. The maximum absolute atomic E-state index is 12.6. The van der Waals surface area contributed by atoms with Gasteiger partial charge in [-0.25, -0.2) is 0 Å². The lowest BCUT2D eigenvalue weighted by Gasteiger charge is -2.32. The molecule has 0 saturated carbocycles. The summed E-state index contributed by atoms with van der Waals surface area (Å²) < 4.78 is 0. The van der Waals surface area contributed by atoms with E-state index in [1.807, 2.05) is 26.0 Å².